The van der Waals surface area contributed by atoms with Crippen LogP contribution in [0.4, 0.5) is 0 Å². The van der Waals surface area contributed by atoms with Gasteiger partial charge in [-0.2, -0.15) is 10.2 Å². The Morgan fingerprint density at radius 3 is 2.80 bits per heavy atom. The number of hydrogen-bond donors (Lipinski definition) is 1. The van der Waals surface area contributed by atoms with E-state index < -0.39 is 0 Å². The largest absolute Gasteiger partial charge is 0.331 e. The molecule has 1 aliphatic heterocycles. The van der Waals surface area contributed by atoms with Gasteiger partial charge in [0.1, 0.15) is 0 Å². The molecule has 20 heavy (non-hydrogen) atoms. The number of carbonyl (C=O) groups is 2. The predicted molar refractivity (Wildman–Crippen MR) is 73.7 cm³/mol. The average molecular weight is 271 g/mol. The van der Waals surface area contributed by atoms with Crippen LogP contribution >= 0.6 is 0 Å². The first kappa shape index (κ1) is 13.0. The first-order valence-corrected chi connectivity index (χ1v) is 6.97. The number of carbonyl (C=O) groups excluding carboxylic acids is 2. The molecule has 0 saturated heterocycles. The number of aryl methyl sites for hydroxylation is 1. The van der Waals surface area contributed by atoms with Crippen molar-refractivity contribution in [2.24, 2.45) is 5.92 Å². The van der Waals surface area contributed by atoms with Crippen molar-refractivity contribution >= 4 is 17.3 Å². The number of Topliss-reactive ketones (excluding diaryl/α,β-unsaturated/α-hetero) is 1. The second-order valence-corrected chi connectivity index (χ2v) is 5.51. The van der Waals surface area contributed by atoms with E-state index >= 15 is 0 Å². The molecule has 1 saturated carbocycles. The molecule has 0 radical (unpaired) electrons. The van der Waals surface area contributed by atoms with Gasteiger partial charge in [0.2, 0.25) is 5.91 Å². The predicted octanol–water partition coefficient (Wildman–Crippen LogP) is 1.73. The summed E-state index contributed by atoms with van der Waals surface area (Å²) in [4.78, 5) is 23.1. The molecule has 2 aliphatic rings. The summed E-state index contributed by atoms with van der Waals surface area (Å²) >= 11 is 0. The van der Waals surface area contributed by atoms with E-state index in [1.54, 1.807) is 0 Å². The van der Waals surface area contributed by atoms with Gasteiger partial charge >= 0.3 is 0 Å². The van der Waals surface area contributed by atoms with Crippen molar-refractivity contribution in [3.05, 3.63) is 29.2 Å². The van der Waals surface area contributed by atoms with Crippen LogP contribution in [0.25, 0.3) is 5.57 Å². The van der Waals surface area contributed by atoms with E-state index in [4.69, 9.17) is 0 Å². The maximum absolute atomic E-state index is 11.9. The first-order valence-electron chi connectivity index (χ1n) is 6.97. The number of rotatable bonds is 3. The second-order valence-electron chi connectivity index (χ2n) is 5.51. The zero-order valence-electron chi connectivity index (χ0n) is 11.6. The number of hydrogen-bond acceptors (Lipinski definition) is 4. The third-order valence-electron chi connectivity index (χ3n) is 4.14. The van der Waals surface area contributed by atoms with E-state index in [1.165, 1.54) is 24.6 Å². The molecule has 0 spiro atoms. The molecule has 5 nitrogen and oxygen atoms in total. The molecule has 1 amide bonds. The van der Waals surface area contributed by atoms with Gasteiger partial charge < -0.3 is 5.32 Å². The molecule has 0 unspecified atom stereocenters. The van der Waals surface area contributed by atoms with Gasteiger partial charge in [0.05, 0.1) is 23.4 Å². The van der Waals surface area contributed by atoms with Gasteiger partial charge in [-0.15, -0.1) is 0 Å². The Hall–Kier alpha value is -2.04. The molecule has 1 N–H and O–H groups in total. The Bertz CT molecular complexity index is 622. The lowest BCUT2D eigenvalue weighted by Crippen LogP contribution is -2.27. The molecule has 0 bridgehead atoms. The zero-order valence-corrected chi connectivity index (χ0v) is 11.6. The Morgan fingerprint density at radius 1 is 1.35 bits per heavy atom. The maximum atomic E-state index is 11.9. The lowest BCUT2D eigenvalue weighted by molar-refractivity contribution is -0.125. The fourth-order valence-corrected chi connectivity index (χ4v) is 2.80. The minimum absolute atomic E-state index is 0.113. The Kier molecular flexibility index (Phi) is 3.12. The number of nitrogens with zero attached hydrogens (tertiary/aromatic N) is 2. The van der Waals surface area contributed by atoms with E-state index in [1.807, 2.05) is 13.0 Å². The smallest absolute Gasteiger partial charge is 0.231 e. The van der Waals surface area contributed by atoms with Crippen LogP contribution in [-0.4, -0.2) is 21.9 Å². The van der Waals surface area contributed by atoms with Crippen LogP contribution in [0, 0.1) is 12.8 Å². The third kappa shape index (κ3) is 2.24. The minimum atomic E-state index is -0.271. The molecule has 1 aliphatic carbocycles. The number of aromatic nitrogens is 2. The van der Waals surface area contributed by atoms with Gasteiger partial charge in [0, 0.05) is 6.20 Å². The summed E-state index contributed by atoms with van der Waals surface area (Å²) in [6, 6.07) is 1.96. The second kappa shape index (κ2) is 4.81. The highest BCUT2D eigenvalue weighted by molar-refractivity contribution is 6.27. The van der Waals surface area contributed by atoms with E-state index in [0.29, 0.717) is 17.2 Å². The van der Waals surface area contributed by atoms with Crippen molar-refractivity contribution in [3.8, 4) is 0 Å². The Labute approximate surface area is 117 Å². The van der Waals surface area contributed by atoms with Crippen molar-refractivity contribution in [1.29, 1.82) is 0 Å². The molecule has 2 atom stereocenters. The van der Waals surface area contributed by atoms with Crippen molar-refractivity contribution in [1.82, 2.24) is 15.5 Å². The van der Waals surface area contributed by atoms with Gasteiger partial charge in [-0.25, -0.2) is 0 Å². The molecule has 1 aromatic rings. The van der Waals surface area contributed by atoms with E-state index in [0.717, 1.165) is 11.6 Å². The summed E-state index contributed by atoms with van der Waals surface area (Å²) in [5.74, 6) is 0.803. The zero-order chi connectivity index (χ0) is 14.3. The lowest BCUT2D eigenvalue weighted by atomic mass is 9.99. The molecule has 104 valence electrons. The number of allylic oxidation sites excluding steroid dienone is 1. The van der Waals surface area contributed by atoms with Crippen molar-refractivity contribution < 1.29 is 9.59 Å². The van der Waals surface area contributed by atoms with Crippen LogP contribution in [0.3, 0.4) is 0 Å². The fraction of sp³-hybridized carbons (Fsp3) is 0.467. The van der Waals surface area contributed by atoms with Crippen LogP contribution in [0.15, 0.2) is 12.3 Å². The summed E-state index contributed by atoms with van der Waals surface area (Å²) < 4.78 is 0. The highest BCUT2D eigenvalue weighted by Gasteiger charge is 2.38. The van der Waals surface area contributed by atoms with Gasteiger partial charge in [0.15, 0.2) is 5.78 Å². The topological polar surface area (TPSA) is 72.0 Å². The van der Waals surface area contributed by atoms with Crippen LogP contribution in [-0.2, 0) is 9.59 Å². The quantitative estimate of drug-likeness (QED) is 0.850. The van der Waals surface area contributed by atoms with E-state index in [-0.39, 0.29) is 18.1 Å². The molecule has 3 rings (SSSR count). The van der Waals surface area contributed by atoms with Gasteiger partial charge in [0.25, 0.3) is 0 Å². The van der Waals surface area contributed by atoms with Crippen LogP contribution < -0.4 is 5.32 Å². The summed E-state index contributed by atoms with van der Waals surface area (Å²) in [6.07, 6.45) is 3.69. The highest BCUT2D eigenvalue weighted by Crippen LogP contribution is 2.50. The molecule has 5 heteroatoms. The maximum Gasteiger partial charge on any atom is 0.231 e. The summed E-state index contributed by atoms with van der Waals surface area (Å²) in [6.45, 7) is 4.15. The van der Waals surface area contributed by atoms with Gasteiger partial charge in [-0.05, 0) is 36.8 Å². The standard InChI is InChI=1S/C15H17N3O2/c1-3-9-4-11(9)10-5-13(18-17-8(10)2)12-7-16-15(20)6-14(12)19/h5,7,9,11H,3-4,6H2,1-2H3,(H,16,20)/t9-,11-/m0/s1. The minimum Gasteiger partial charge on any atom is -0.331 e. The molecule has 1 fully saturated rings. The summed E-state index contributed by atoms with van der Waals surface area (Å²) in [5.41, 5.74) is 3.14. The third-order valence-corrected chi connectivity index (χ3v) is 4.14. The average Bonchev–Trinajstić information content (AvgIpc) is 3.19. The fourth-order valence-electron chi connectivity index (χ4n) is 2.80. The molecule has 0 aromatic carbocycles. The SMILES string of the molecule is CC[C@H]1C[C@@H]1c1cc(C2=CNC(=O)CC2=O)nnc1C. The number of ketones is 1. The lowest BCUT2D eigenvalue weighted by Gasteiger charge is -2.13. The van der Waals surface area contributed by atoms with Crippen LogP contribution in [0.2, 0.25) is 0 Å². The van der Waals surface area contributed by atoms with Crippen LogP contribution in [0.5, 0.6) is 0 Å². The van der Waals surface area contributed by atoms with Crippen molar-refractivity contribution in [2.45, 2.75) is 39.0 Å². The summed E-state index contributed by atoms with van der Waals surface area (Å²) in [5, 5.41) is 10.9. The van der Waals surface area contributed by atoms with Gasteiger partial charge in [-0.1, -0.05) is 13.3 Å². The molecular formula is C15H17N3O2. The Balaban J connectivity index is 1.93. The van der Waals surface area contributed by atoms with Crippen molar-refractivity contribution in [3.63, 3.8) is 0 Å². The van der Waals surface area contributed by atoms with Crippen molar-refractivity contribution in [2.75, 3.05) is 0 Å². The molecule has 2 heterocycles. The van der Waals surface area contributed by atoms with Crippen LogP contribution in [0.1, 0.15) is 49.1 Å². The Morgan fingerprint density at radius 2 is 2.15 bits per heavy atom. The van der Waals surface area contributed by atoms with E-state index in [2.05, 4.69) is 22.4 Å². The normalized spacial score (nSPS) is 25.2. The first-order chi connectivity index (χ1) is 9.60. The summed E-state index contributed by atoms with van der Waals surface area (Å²) in [7, 11) is 0. The molecule has 1 aromatic heterocycles. The molecular weight excluding hydrogens is 254 g/mol. The highest BCUT2D eigenvalue weighted by atomic mass is 16.2. The van der Waals surface area contributed by atoms with Gasteiger partial charge in [-0.3, -0.25) is 9.59 Å². The van der Waals surface area contributed by atoms with E-state index in [9.17, 15) is 9.59 Å². The number of amides is 1. The number of nitrogens with one attached hydrogen (secondary N) is 1. The monoisotopic (exact) mass is 271 g/mol.